The fourth-order valence-electron chi connectivity index (χ4n) is 3.06. The lowest BCUT2D eigenvalue weighted by molar-refractivity contribution is -0.136. The number of rotatable bonds is 6. The molecule has 166 valence electrons. The van der Waals surface area contributed by atoms with Gasteiger partial charge in [-0.1, -0.05) is 6.07 Å². The minimum absolute atomic E-state index is 0.0179. The van der Waals surface area contributed by atoms with Gasteiger partial charge in [0.2, 0.25) is 5.91 Å². The van der Waals surface area contributed by atoms with Crippen molar-refractivity contribution in [3.8, 4) is 11.5 Å². The third-order valence-electron chi connectivity index (χ3n) is 4.62. The van der Waals surface area contributed by atoms with Gasteiger partial charge >= 0.3 is 5.97 Å². The van der Waals surface area contributed by atoms with Crippen LogP contribution in [0.5, 0.6) is 11.5 Å². The summed E-state index contributed by atoms with van der Waals surface area (Å²) in [5, 5.41) is 9.77. The van der Waals surface area contributed by atoms with Crippen molar-refractivity contribution in [3.63, 3.8) is 0 Å². The van der Waals surface area contributed by atoms with Gasteiger partial charge in [0.05, 0.1) is 37.5 Å². The topological polar surface area (TPSA) is 107 Å². The van der Waals surface area contributed by atoms with Crippen LogP contribution >= 0.6 is 11.3 Å². The van der Waals surface area contributed by atoms with Gasteiger partial charge in [-0.3, -0.25) is 14.2 Å². The Labute approximate surface area is 182 Å². The maximum atomic E-state index is 13.1. The van der Waals surface area contributed by atoms with E-state index in [1.165, 1.54) is 23.8 Å². The molecule has 0 atom stereocenters. The second kappa shape index (κ2) is 10.3. The Bertz CT molecular complexity index is 1130. The Morgan fingerprint density at radius 2 is 2.03 bits per heavy atom. The Morgan fingerprint density at radius 1 is 1.29 bits per heavy atom. The molecule has 1 aromatic heterocycles. The number of hydrogen-bond acceptors (Lipinski definition) is 8. The first-order valence-corrected chi connectivity index (χ1v) is 10.6. The van der Waals surface area contributed by atoms with E-state index >= 15 is 0 Å². The third kappa shape index (κ3) is 5.53. The summed E-state index contributed by atoms with van der Waals surface area (Å²) in [4.78, 5) is 39.4. The van der Waals surface area contributed by atoms with Gasteiger partial charge in [-0.05, 0) is 30.7 Å². The van der Waals surface area contributed by atoms with Crippen LogP contribution in [0.4, 0.5) is 0 Å². The highest BCUT2D eigenvalue weighted by Gasteiger charge is 2.19. The molecule has 2 heterocycles. The molecule has 1 saturated heterocycles. The summed E-state index contributed by atoms with van der Waals surface area (Å²) in [6, 6.07) is 4.69. The average molecular weight is 448 g/mol. The van der Waals surface area contributed by atoms with Gasteiger partial charge in [0.25, 0.3) is 5.56 Å². The molecule has 1 aliphatic heterocycles. The molecule has 0 radical (unpaired) electrons. The number of hydrogen-bond donors (Lipinski definition) is 1. The molecule has 2 aromatic rings. The van der Waals surface area contributed by atoms with E-state index in [2.05, 4.69) is 0 Å². The Morgan fingerprint density at radius 3 is 2.71 bits per heavy atom. The monoisotopic (exact) mass is 448 g/mol. The number of phenolic OH excluding ortho intramolecular Hbond substituents is 1. The van der Waals surface area contributed by atoms with E-state index in [4.69, 9.17) is 14.2 Å². The zero-order valence-electron chi connectivity index (χ0n) is 17.3. The molecule has 1 aromatic carbocycles. The number of aromatic hydroxyl groups is 1. The highest BCUT2D eigenvalue weighted by molar-refractivity contribution is 7.07. The van der Waals surface area contributed by atoms with Crippen LogP contribution in [0.25, 0.3) is 12.2 Å². The van der Waals surface area contributed by atoms with Crippen LogP contribution < -0.4 is 19.5 Å². The normalized spacial score (nSPS) is 15.2. The molecular formula is C21H24N2O7S. The number of methoxy groups -OCH3 is 1. The predicted molar refractivity (Wildman–Crippen MR) is 115 cm³/mol. The lowest BCUT2D eigenvalue weighted by Crippen LogP contribution is -2.45. The number of ether oxygens (including phenoxy) is 3. The number of morpholine rings is 1. The third-order valence-corrected chi connectivity index (χ3v) is 5.68. The molecule has 0 saturated carbocycles. The lowest BCUT2D eigenvalue weighted by atomic mass is 10.2. The van der Waals surface area contributed by atoms with Crippen LogP contribution in [0.2, 0.25) is 0 Å². The lowest BCUT2D eigenvalue weighted by Gasteiger charge is -2.26. The van der Waals surface area contributed by atoms with E-state index in [1.807, 2.05) is 0 Å². The van der Waals surface area contributed by atoms with Crippen molar-refractivity contribution in [2.24, 2.45) is 0 Å². The maximum absolute atomic E-state index is 13.1. The Kier molecular flexibility index (Phi) is 7.48. The summed E-state index contributed by atoms with van der Waals surface area (Å²) in [5.74, 6) is -0.559. The standard InChI is InChI=1S/C21H24N2O7S/c1-3-30-20(26)12-19-23(13-18(25)22-6-8-29-9-7-22)21(27)17(31-19)11-14-4-5-15(24)16(10-14)28-2/h4-5,10-12,24H,3,6-9,13H2,1-2H3/b17-11-,19-12-. The molecule has 1 aliphatic rings. The zero-order valence-corrected chi connectivity index (χ0v) is 18.1. The molecule has 0 bridgehead atoms. The van der Waals surface area contributed by atoms with E-state index in [1.54, 1.807) is 30.0 Å². The van der Waals surface area contributed by atoms with Crippen LogP contribution in [0.15, 0.2) is 23.0 Å². The quantitative estimate of drug-likeness (QED) is 0.602. The number of phenols is 1. The highest BCUT2D eigenvalue weighted by Crippen LogP contribution is 2.26. The molecule has 1 N–H and O–H groups in total. The highest BCUT2D eigenvalue weighted by atomic mass is 32.1. The van der Waals surface area contributed by atoms with Gasteiger partial charge in [0.1, 0.15) is 11.2 Å². The van der Waals surface area contributed by atoms with Crippen molar-refractivity contribution in [2.45, 2.75) is 13.5 Å². The molecule has 1 fully saturated rings. The van der Waals surface area contributed by atoms with E-state index in [9.17, 15) is 19.5 Å². The van der Waals surface area contributed by atoms with Crippen molar-refractivity contribution in [3.05, 3.63) is 43.3 Å². The number of nitrogens with zero attached hydrogens (tertiary/aromatic N) is 2. The fourth-order valence-corrected chi connectivity index (χ4v) is 4.09. The molecular weight excluding hydrogens is 424 g/mol. The van der Waals surface area contributed by atoms with Crippen LogP contribution in [0.3, 0.4) is 0 Å². The van der Waals surface area contributed by atoms with Crippen LogP contribution in [0, 0.1) is 0 Å². The number of thiazole rings is 1. The molecule has 31 heavy (non-hydrogen) atoms. The summed E-state index contributed by atoms with van der Waals surface area (Å²) in [6.45, 7) is 3.52. The van der Waals surface area contributed by atoms with Crippen molar-refractivity contribution in [2.75, 3.05) is 40.0 Å². The largest absolute Gasteiger partial charge is 0.504 e. The number of esters is 1. The second-order valence-electron chi connectivity index (χ2n) is 6.66. The number of amides is 1. The molecule has 1 amide bonds. The van der Waals surface area contributed by atoms with Crippen molar-refractivity contribution in [1.29, 1.82) is 0 Å². The molecule has 10 heteroatoms. The molecule has 3 rings (SSSR count). The summed E-state index contributed by atoms with van der Waals surface area (Å²) in [5.41, 5.74) is 0.233. The molecule has 0 spiro atoms. The Balaban J connectivity index is 2.04. The van der Waals surface area contributed by atoms with Crippen molar-refractivity contribution < 1.29 is 28.9 Å². The Hall–Kier alpha value is -3.11. The number of aromatic nitrogens is 1. The van der Waals surface area contributed by atoms with Gasteiger partial charge in [-0.15, -0.1) is 11.3 Å². The fraction of sp³-hybridized carbons (Fsp3) is 0.381. The summed E-state index contributed by atoms with van der Waals surface area (Å²) >= 11 is 1.08. The summed E-state index contributed by atoms with van der Waals surface area (Å²) in [7, 11) is 1.43. The SMILES string of the molecule is CCOC(=O)/C=c1\s/c(=C\c2ccc(O)c(OC)c2)c(=O)n1CC(=O)N1CCOCC1. The van der Waals surface area contributed by atoms with E-state index in [0.29, 0.717) is 41.1 Å². The first-order chi connectivity index (χ1) is 14.9. The van der Waals surface area contributed by atoms with Gasteiger partial charge < -0.3 is 24.2 Å². The van der Waals surface area contributed by atoms with Crippen molar-refractivity contribution in [1.82, 2.24) is 9.47 Å². The predicted octanol–water partition coefficient (Wildman–Crippen LogP) is -0.345. The first kappa shape index (κ1) is 22.6. The van der Waals surface area contributed by atoms with Gasteiger partial charge in [0.15, 0.2) is 11.5 Å². The summed E-state index contributed by atoms with van der Waals surface area (Å²) < 4.78 is 17.3. The number of benzene rings is 1. The van der Waals surface area contributed by atoms with Crippen molar-refractivity contribution >= 4 is 35.4 Å². The van der Waals surface area contributed by atoms with Gasteiger partial charge in [-0.2, -0.15) is 0 Å². The first-order valence-electron chi connectivity index (χ1n) is 9.75. The average Bonchev–Trinajstić information content (AvgIpc) is 3.04. The van der Waals surface area contributed by atoms with Gasteiger partial charge in [-0.25, -0.2) is 4.79 Å². The van der Waals surface area contributed by atoms with E-state index in [0.717, 1.165) is 11.3 Å². The minimum atomic E-state index is -0.589. The molecule has 0 aliphatic carbocycles. The summed E-state index contributed by atoms with van der Waals surface area (Å²) in [6.07, 6.45) is 2.84. The van der Waals surface area contributed by atoms with Crippen LogP contribution in [0.1, 0.15) is 12.5 Å². The van der Waals surface area contributed by atoms with E-state index in [-0.39, 0.29) is 30.6 Å². The van der Waals surface area contributed by atoms with Gasteiger partial charge in [0, 0.05) is 13.1 Å². The van der Waals surface area contributed by atoms with Crippen LogP contribution in [-0.2, 0) is 25.6 Å². The zero-order chi connectivity index (χ0) is 22.4. The van der Waals surface area contributed by atoms with Crippen LogP contribution in [-0.4, -0.2) is 66.5 Å². The number of carbonyl (C=O) groups excluding carboxylic acids is 2. The number of carbonyl (C=O) groups is 2. The second-order valence-corrected chi connectivity index (χ2v) is 7.72. The molecule has 0 unspecified atom stereocenters. The maximum Gasteiger partial charge on any atom is 0.333 e. The minimum Gasteiger partial charge on any atom is -0.504 e. The van der Waals surface area contributed by atoms with E-state index < -0.39 is 11.5 Å². The molecule has 9 nitrogen and oxygen atoms in total. The smallest absolute Gasteiger partial charge is 0.333 e.